The predicted molar refractivity (Wildman–Crippen MR) is 123 cm³/mol. The molecular weight excluding hydrogens is 402 g/mol. The number of carbonyl (C=O) groups is 1. The van der Waals surface area contributed by atoms with Gasteiger partial charge in [0, 0.05) is 54.6 Å². The van der Waals surface area contributed by atoms with Gasteiger partial charge in [0.25, 0.3) is 0 Å². The summed E-state index contributed by atoms with van der Waals surface area (Å²) in [6, 6.07) is 17.0. The van der Waals surface area contributed by atoms with Crippen molar-refractivity contribution in [3.05, 3.63) is 54.3 Å². The smallest absolute Gasteiger partial charge is 0.378 e. The van der Waals surface area contributed by atoms with Crippen LogP contribution in [0.1, 0.15) is 23.4 Å². The van der Waals surface area contributed by atoms with Gasteiger partial charge in [-0.05, 0) is 17.7 Å². The second-order valence-electron chi connectivity index (χ2n) is 9.47. The summed E-state index contributed by atoms with van der Waals surface area (Å²) in [4.78, 5) is 17.1. The SMILES string of the molecule is O=C([NH2+][C@H]1C[NH+]2CCC1CC2)c1cc2cccc(-c3cccc(N4CCOCC4)c3)c2o1. The van der Waals surface area contributed by atoms with Crippen molar-refractivity contribution in [2.75, 3.05) is 50.8 Å². The minimum absolute atomic E-state index is 0.0346. The van der Waals surface area contributed by atoms with Crippen molar-refractivity contribution in [2.24, 2.45) is 5.92 Å². The molecule has 2 aromatic carbocycles. The van der Waals surface area contributed by atoms with Crippen LogP contribution in [0.5, 0.6) is 0 Å². The van der Waals surface area contributed by atoms with Gasteiger partial charge in [0.1, 0.15) is 18.2 Å². The van der Waals surface area contributed by atoms with Crippen LogP contribution in [0.2, 0.25) is 0 Å². The van der Waals surface area contributed by atoms with E-state index in [9.17, 15) is 4.79 Å². The van der Waals surface area contributed by atoms with Crippen LogP contribution in [0.3, 0.4) is 0 Å². The molecule has 4 saturated heterocycles. The number of hydrogen-bond acceptors (Lipinski definition) is 4. The Balaban J connectivity index is 1.27. The maximum atomic E-state index is 13.1. The molecule has 0 saturated carbocycles. The standard InChI is InChI=1S/C26H29N3O3/c30-26(27-23-17-28-9-7-18(23)8-10-28)24-16-20-4-2-6-22(25(20)32-24)19-3-1-5-21(15-19)29-11-13-31-14-12-29/h1-6,15-16,18,23H,7-14,17H2,(H,27,30)/p+2/t23-/m0/s1. The summed E-state index contributed by atoms with van der Waals surface area (Å²) in [5.41, 5.74) is 4.13. The molecule has 32 heavy (non-hydrogen) atoms. The average Bonchev–Trinajstić information content (AvgIpc) is 3.30. The lowest BCUT2D eigenvalue weighted by atomic mass is 9.84. The summed E-state index contributed by atoms with van der Waals surface area (Å²) in [7, 11) is 0. The number of hydrogen-bond donors (Lipinski definition) is 2. The van der Waals surface area contributed by atoms with Crippen LogP contribution in [0.25, 0.3) is 22.1 Å². The summed E-state index contributed by atoms with van der Waals surface area (Å²) >= 11 is 0. The zero-order valence-electron chi connectivity index (χ0n) is 18.4. The normalized spacial score (nSPS) is 25.4. The lowest BCUT2D eigenvalue weighted by molar-refractivity contribution is -0.935. The van der Waals surface area contributed by atoms with E-state index in [2.05, 4.69) is 35.2 Å². The van der Waals surface area contributed by atoms with Crippen molar-refractivity contribution < 1.29 is 24.2 Å². The molecule has 0 unspecified atom stereocenters. The summed E-state index contributed by atoms with van der Waals surface area (Å²) in [6.07, 6.45) is 2.49. The highest BCUT2D eigenvalue weighted by molar-refractivity contribution is 5.97. The minimum atomic E-state index is 0.0346. The predicted octanol–water partition coefficient (Wildman–Crippen LogP) is 1.32. The molecule has 4 aliphatic heterocycles. The van der Waals surface area contributed by atoms with Gasteiger partial charge in [0.2, 0.25) is 5.76 Å². The Morgan fingerprint density at radius 1 is 1.03 bits per heavy atom. The first-order chi connectivity index (χ1) is 15.7. The summed E-state index contributed by atoms with van der Waals surface area (Å²) < 4.78 is 11.7. The van der Waals surface area contributed by atoms with Crippen LogP contribution in [-0.2, 0) is 4.74 Å². The molecule has 166 valence electrons. The van der Waals surface area contributed by atoms with E-state index in [1.165, 1.54) is 31.6 Å². The number of anilines is 1. The van der Waals surface area contributed by atoms with Gasteiger partial charge in [0.05, 0.1) is 26.3 Å². The van der Waals surface area contributed by atoms with Crippen molar-refractivity contribution >= 4 is 22.6 Å². The molecule has 1 atom stereocenters. The highest BCUT2D eigenvalue weighted by Gasteiger charge is 2.41. The quantitative estimate of drug-likeness (QED) is 0.652. The van der Waals surface area contributed by atoms with E-state index in [0.29, 0.717) is 17.7 Å². The lowest BCUT2D eigenvalue weighted by Crippen LogP contribution is -3.20. The number of nitrogens with two attached hydrogens (primary N) is 1. The third kappa shape index (κ3) is 3.72. The van der Waals surface area contributed by atoms with Crippen molar-refractivity contribution in [1.29, 1.82) is 0 Å². The third-order valence-corrected chi connectivity index (χ3v) is 7.55. The Morgan fingerprint density at radius 2 is 1.84 bits per heavy atom. The van der Waals surface area contributed by atoms with Gasteiger partial charge in [-0.3, -0.25) is 5.32 Å². The van der Waals surface area contributed by atoms with Gasteiger partial charge >= 0.3 is 5.91 Å². The molecule has 1 aromatic heterocycles. The fourth-order valence-corrected chi connectivity index (χ4v) is 5.76. The molecule has 1 amide bonds. The summed E-state index contributed by atoms with van der Waals surface area (Å²) in [6.45, 7) is 6.97. The molecule has 3 N–H and O–H groups in total. The lowest BCUT2D eigenvalue weighted by Gasteiger charge is -2.39. The van der Waals surface area contributed by atoms with Gasteiger partial charge in [-0.2, -0.15) is 0 Å². The first-order valence-corrected chi connectivity index (χ1v) is 11.9. The number of piperidine rings is 3. The fraction of sp³-hybridized carbons (Fsp3) is 0.423. The van der Waals surface area contributed by atoms with Crippen LogP contribution in [0.15, 0.2) is 52.9 Å². The summed E-state index contributed by atoms with van der Waals surface area (Å²) in [5.74, 6) is 1.16. The van der Waals surface area contributed by atoms with E-state index in [4.69, 9.17) is 9.15 Å². The second kappa shape index (κ2) is 8.35. The first kappa shape index (κ1) is 20.0. The van der Waals surface area contributed by atoms with E-state index in [1.54, 1.807) is 4.90 Å². The van der Waals surface area contributed by atoms with Gasteiger partial charge < -0.3 is 19.0 Å². The number of primary amides is 1. The molecule has 0 aliphatic carbocycles. The van der Waals surface area contributed by atoms with Crippen molar-refractivity contribution in [3.8, 4) is 11.1 Å². The number of para-hydroxylation sites is 1. The number of nitrogens with zero attached hydrogens (tertiary/aromatic N) is 1. The van der Waals surface area contributed by atoms with E-state index >= 15 is 0 Å². The zero-order valence-corrected chi connectivity index (χ0v) is 18.4. The Morgan fingerprint density at radius 3 is 2.62 bits per heavy atom. The van der Waals surface area contributed by atoms with Crippen LogP contribution < -0.4 is 15.1 Å². The van der Waals surface area contributed by atoms with Gasteiger partial charge in [-0.1, -0.05) is 30.3 Å². The number of fused-ring (bicyclic) bond motifs is 4. The number of furan rings is 1. The molecule has 0 spiro atoms. The second-order valence-corrected chi connectivity index (χ2v) is 9.47. The molecule has 7 rings (SSSR count). The highest BCUT2D eigenvalue weighted by atomic mass is 16.5. The molecule has 4 aliphatic rings. The van der Waals surface area contributed by atoms with Crippen molar-refractivity contribution in [2.45, 2.75) is 18.9 Å². The van der Waals surface area contributed by atoms with E-state index in [-0.39, 0.29) is 5.91 Å². The molecular formula is C26H31N3O3+2. The minimum Gasteiger partial charge on any atom is -0.446 e. The number of ether oxygens (including phenoxy) is 1. The van der Waals surface area contributed by atoms with E-state index < -0.39 is 0 Å². The average molecular weight is 434 g/mol. The summed E-state index contributed by atoms with van der Waals surface area (Å²) in [5, 5.41) is 2.93. The maximum Gasteiger partial charge on any atom is 0.378 e. The number of carbonyl (C=O) groups excluding carboxylic acids is 1. The number of rotatable bonds is 4. The number of benzene rings is 2. The van der Waals surface area contributed by atoms with E-state index in [1.807, 2.05) is 23.5 Å². The molecule has 6 heteroatoms. The van der Waals surface area contributed by atoms with Crippen LogP contribution in [0.4, 0.5) is 5.69 Å². The topological polar surface area (TPSA) is 63.7 Å². The Hall–Kier alpha value is -2.67. The number of nitrogens with one attached hydrogen (secondary N) is 1. The van der Waals surface area contributed by atoms with Crippen LogP contribution >= 0.6 is 0 Å². The van der Waals surface area contributed by atoms with Crippen molar-refractivity contribution in [1.82, 2.24) is 0 Å². The largest absolute Gasteiger partial charge is 0.446 e. The van der Waals surface area contributed by atoms with Crippen LogP contribution in [0, 0.1) is 5.92 Å². The zero-order chi connectivity index (χ0) is 21.5. The maximum absolute atomic E-state index is 13.1. The number of quaternary nitrogens is 2. The highest BCUT2D eigenvalue weighted by Crippen LogP contribution is 2.33. The number of amides is 1. The Bertz CT molecular complexity index is 1130. The first-order valence-electron chi connectivity index (χ1n) is 11.9. The van der Waals surface area contributed by atoms with Crippen molar-refractivity contribution in [3.63, 3.8) is 0 Å². The molecule has 0 radical (unpaired) electrons. The third-order valence-electron chi connectivity index (χ3n) is 7.55. The van der Waals surface area contributed by atoms with Gasteiger partial charge in [0.15, 0.2) is 0 Å². The molecule has 4 fully saturated rings. The number of morpholine rings is 1. The fourth-order valence-electron chi connectivity index (χ4n) is 5.76. The Labute approximate surface area is 188 Å². The molecule has 5 heterocycles. The molecule has 2 bridgehead atoms. The molecule has 3 aromatic rings. The Kier molecular flexibility index (Phi) is 5.21. The van der Waals surface area contributed by atoms with Crippen LogP contribution in [-0.4, -0.2) is 57.9 Å². The van der Waals surface area contributed by atoms with Gasteiger partial charge in [-0.25, -0.2) is 4.79 Å². The monoisotopic (exact) mass is 433 g/mol. The van der Waals surface area contributed by atoms with E-state index in [0.717, 1.165) is 54.9 Å². The van der Waals surface area contributed by atoms with Gasteiger partial charge in [-0.15, -0.1) is 0 Å². The molecule has 6 nitrogen and oxygen atoms in total.